The van der Waals surface area contributed by atoms with Gasteiger partial charge >= 0.3 is 0 Å². The zero-order valence-electron chi connectivity index (χ0n) is 14.8. The number of hydrogen-bond acceptors (Lipinski definition) is 3. The van der Waals surface area contributed by atoms with Crippen LogP contribution in [0.25, 0.3) is 0 Å². The molecule has 0 aromatic carbocycles. The molecule has 1 aromatic heterocycles. The Morgan fingerprint density at radius 2 is 1.70 bits per heavy atom. The van der Waals surface area contributed by atoms with Gasteiger partial charge in [0.25, 0.3) is 0 Å². The molecule has 0 aliphatic heterocycles. The van der Waals surface area contributed by atoms with Gasteiger partial charge in [0.05, 0.1) is 5.56 Å². The minimum absolute atomic E-state index is 0.0383. The van der Waals surface area contributed by atoms with Crippen LogP contribution in [0, 0.1) is 18.3 Å². The second-order valence-electron chi connectivity index (χ2n) is 6.08. The Morgan fingerprint density at radius 1 is 1.09 bits per heavy atom. The summed E-state index contributed by atoms with van der Waals surface area (Å²) >= 11 is 1.52. The van der Waals surface area contributed by atoms with Gasteiger partial charge in [0.15, 0.2) is 0 Å². The highest BCUT2D eigenvalue weighted by Crippen LogP contribution is 2.32. The van der Waals surface area contributed by atoms with Crippen molar-refractivity contribution in [2.45, 2.75) is 85.0 Å². The number of aryl methyl sites for hydroxylation is 1. The number of rotatable bonds is 11. The van der Waals surface area contributed by atoms with Crippen molar-refractivity contribution < 1.29 is 4.79 Å². The Labute approximate surface area is 145 Å². The Hall–Kier alpha value is -1.34. The number of nitrogens with one attached hydrogen (secondary N) is 1. The fraction of sp³-hybridized carbons (Fsp3) is 0.684. The first-order valence-corrected chi connectivity index (χ1v) is 9.77. The third-order valence-corrected chi connectivity index (χ3v) is 5.25. The molecule has 3 nitrogen and oxygen atoms in total. The van der Waals surface area contributed by atoms with Gasteiger partial charge in [0.1, 0.15) is 11.1 Å². The molecule has 0 aliphatic rings. The zero-order valence-corrected chi connectivity index (χ0v) is 15.7. The number of carbonyl (C=O) groups is 1. The highest BCUT2D eigenvalue weighted by atomic mass is 32.1. The van der Waals surface area contributed by atoms with E-state index in [1.165, 1.54) is 49.9 Å². The molecular weight excluding hydrogens is 304 g/mol. The summed E-state index contributed by atoms with van der Waals surface area (Å²) in [6.07, 6.45) is 11.2. The fourth-order valence-electron chi connectivity index (χ4n) is 2.82. The van der Waals surface area contributed by atoms with Crippen LogP contribution in [-0.4, -0.2) is 5.91 Å². The summed E-state index contributed by atoms with van der Waals surface area (Å²) in [5.74, 6) is 0.0383. The lowest BCUT2D eigenvalue weighted by Crippen LogP contribution is -2.11. The van der Waals surface area contributed by atoms with Crippen molar-refractivity contribution in [3.63, 3.8) is 0 Å². The maximum absolute atomic E-state index is 12.0. The van der Waals surface area contributed by atoms with E-state index in [4.69, 9.17) is 0 Å². The number of amides is 1. The number of hydrogen-bond donors (Lipinski definition) is 1. The van der Waals surface area contributed by atoms with Crippen molar-refractivity contribution in [2.24, 2.45) is 0 Å². The molecule has 0 atom stereocenters. The third-order valence-electron chi connectivity index (χ3n) is 4.18. The SMILES string of the molecule is CCCCCCCCCCC(=O)Nc1sc(C)c(CC)c1C#N. The van der Waals surface area contributed by atoms with E-state index >= 15 is 0 Å². The molecule has 128 valence electrons. The topological polar surface area (TPSA) is 52.9 Å². The smallest absolute Gasteiger partial charge is 0.225 e. The summed E-state index contributed by atoms with van der Waals surface area (Å²) in [5, 5.41) is 13.0. The van der Waals surface area contributed by atoms with Crippen LogP contribution < -0.4 is 5.32 Å². The van der Waals surface area contributed by atoms with Gasteiger partial charge in [-0.15, -0.1) is 11.3 Å². The number of nitrogens with zero attached hydrogens (tertiary/aromatic N) is 1. The van der Waals surface area contributed by atoms with Gasteiger partial charge in [-0.25, -0.2) is 0 Å². The fourth-order valence-corrected chi connectivity index (χ4v) is 3.93. The van der Waals surface area contributed by atoms with Crippen LogP contribution in [0.1, 0.15) is 87.6 Å². The largest absolute Gasteiger partial charge is 0.317 e. The van der Waals surface area contributed by atoms with Crippen molar-refractivity contribution in [2.75, 3.05) is 5.32 Å². The molecule has 1 N–H and O–H groups in total. The third kappa shape index (κ3) is 6.74. The minimum Gasteiger partial charge on any atom is -0.317 e. The molecular formula is C19H30N2OS. The molecule has 0 unspecified atom stereocenters. The number of thiophene rings is 1. The lowest BCUT2D eigenvalue weighted by atomic mass is 10.1. The first kappa shape index (κ1) is 19.7. The molecule has 1 heterocycles. The van der Waals surface area contributed by atoms with Gasteiger partial charge in [-0.1, -0.05) is 58.8 Å². The molecule has 1 rings (SSSR count). The maximum atomic E-state index is 12.0. The van der Waals surface area contributed by atoms with Crippen molar-refractivity contribution in [3.8, 4) is 6.07 Å². The van der Waals surface area contributed by atoms with Gasteiger partial charge in [0.2, 0.25) is 5.91 Å². The van der Waals surface area contributed by atoms with Crippen LogP contribution in [0.5, 0.6) is 0 Å². The van der Waals surface area contributed by atoms with E-state index in [0.29, 0.717) is 12.0 Å². The van der Waals surface area contributed by atoms with Crippen molar-refractivity contribution in [1.82, 2.24) is 0 Å². The lowest BCUT2D eigenvalue weighted by molar-refractivity contribution is -0.116. The van der Waals surface area contributed by atoms with E-state index in [-0.39, 0.29) is 5.91 Å². The summed E-state index contributed by atoms with van der Waals surface area (Å²) in [4.78, 5) is 13.2. The van der Waals surface area contributed by atoms with Gasteiger partial charge in [-0.2, -0.15) is 5.26 Å². The molecule has 23 heavy (non-hydrogen) atoms. The quantitative estimate of drug-likeness (QED) is 0.508. The van der Waals surface area contributed by atoms with E-state index in [1.807, 2.05) is 13.8 Å². The average molecular weight is 335 g/mol. The molecule has 0 saturated carbocycles. The molecule has 0 radical (unpaired) electrons. The molecule has 1 aromatic rings. The van der Waals surface area contributed by atoms with Crippen molar-refractivity contribution in [1.29, 1.82) is 5.26 Å². The Bertz CT molecular complexity index is 528. The van der Waals surface area contributed by atoms with Crippen LogP contribution in [0.4, 0.5) is 5.00 Å². The van der Waals surface area contributed by atoms with Crippen LogP contribution in [0.2, 0.25) is 0 Å². The highest BCUT2D eigenvalue weighted by Gasteiger charge is 2.15. The Balaban J connectivity index is 2.28. The number of unbranched alkanes of at least 4 members (excludes halogenated alkanes) is 7. The standard InChI is InChI=1S/C19H30N2OS/c1-4-6-7-8-9-10-11-12-13-18(22)21-19-17(14-20)16(5-2)15(3)23-19/h4-13H2,1-3H3,(H,21,22). The first-order valence-electron chi connectivity index (χ1n) is 8.96. The van der Waals surface area contributed by atoms with E-state index in [0.717, 1.165) is 34.7 Å². The predicted molar refractivity (Wildman–Crippen MR) is 99.0 cm³/mol. The lowest BCUT2D eigenvalue weighted by Gasteiger charge is -2.04. The predicted octanol–water partition coefficient (Wildman–Crippen LogP) is 5.96. The summed E-state index contributed by atoms with van der Waals surface area (Å²) in [6, 6.07) is 2.24. The summed E-state index contributed by atoms with van der Waals surface area (Å²) < 4.78 is 0. The number of nitriles is 1. The van der Waals surface area contributed by atoms with Crippen LogP contribution in [-0.2, 0) is 11.2 Å². The van der Waals surface area contributed by atoms with E-state index < -0.39 is 0 Å². The Kier molecular flexibility index (Phi) is 9.63. The summed E-state index contributed by atoms with van der Waals surface area (Å²) in [6.45, 7) is 6.29. The second kappa shape index (κ2) is 11.2. The first-order chi connectivity index (χ1) is 11.1. The molecule has 0 saturated heterocycles. The van der Waals surface area contributed by atoms with Gasteiger partial charge in [0, 0.05) is 11.3 Å². The number of carbonyl (C=O) groups excluding carboxylic acids is 1. The normalized spacial score (nSPS) is 10.5. The van der Waals surface area contributed by atoms with Crippen LogP contribution in [0.3, 0.4) is 0 Å². The summed E-state index contributed by atoms with van der Waals surface area (Å²) in [7, 11) is 0. The Morgan fingerprint density at radius 3 is 2.26 bits per heavy atom. The summed E-state index contributed by atoms with van der Waals surface area (Å²) in [5.41, 5.74) is 1.72. The van der Waals surface area contributed by atoms with E-state index in [9.17, 15) is 10.1 Å². The van der Waals surface area contributed by atoms with Crippen molar-refractivity contribution >= 4 is 22.2 Å². The van der Waals surface area contributed by atoms with Crippen LogP contribution in [0.15, 0.2) is 0 Å². The molecule has 0 fully saturated rings. The van der Waals surface area contributed by atoms with Gasteiger partial charge in [-0.05, 0) is 25.3 Å². The van der Waals surface area contributed by atoms with E-state index in [1.54, 1.807) is 0 Å². The maximum Gasteiger partial charge on any atom is 0.225 e. The second-order valence-corrected chi connectivity index (χ2v) is 7.30. The van der Waals surface area contributed by atoms with Gasteiger partial charge < -0.3 is 5.32 Å². The van der Waals surface area contributed by atoms with Gasteiger partial charge in [-0.3, -0.25) is 4.79 Å². The number of anilines is 1. The molecule has 0 aliphatic carbocycles. The molecule has 0 bridgehead atoms. The average Bonchev–Trinajstić information content (AvgIpc) is 2.84. The zero-order chi connectivity index (χ0) is 17.1. The molecule has 1 amide bonds. The van der Waals surface area contributed by atoms with Crippen LogP contribution >= 0.6 is 11.3 Å². The minimum atomic E-state index is 0.0383. The monoisotopic (exact) mass is 334 g/mol. The molecule has 0 spiro atoms. The van der Waals surface area contributed by atoms with E-state index in [2.05, 4.69) is 18.3 Å². The molecule has 4 heteroatoms. The highest BCUT2D eigenvalue weighted by molar-refractivity contribution is 7.16. The van der Waals surface area contributed by atoms with Crippen molar-refractivity contribution in [3.05, 3.63) is 16.0 Å².